The summed E-state index contributed by atoms with van der Waals surface area (Å²) >= 11 is 0. The van der Waals surface area contributed by atoms with E-state index in [1.54, 1.807) is 12.4 Å². The summed E-state index contributed by atoms with van der Waals surface area (Å²) in [7, 11) is 0. The second-order valence-corrected chi connectivity index (χ2v) is 2.39. The van der Waals surface area contributed by atoms with Crippen molar-refractivity contribution in [1.82, 2.24) is 4.98 Å². The summed E-state index contributed by atoms with van der Waals surface area (Å²) < 4.78 is 5.05. The average Bonchev–Trinajstić information content (AvgIpc) is 2.85. The van der Waals surface area contributed by atoms with Crippen molar-refractivity contribution in [3.05, 3.63) is 30.1 Å². The summed E-state index contributed by atoms with van der Waals surface area (Å²) in [4.78, 5) is 3.93. The molecule has 0 aliphatic carbocycles. The van der Waals surface area contributed by atoms with Crippen LogP contribution < -0.4 is 0 Å². The fraction of sp³-hybridized carbons (Fsp3) is 0.250. The summed E-state index contributed by atoms with van der Waals surface area (Å²) in [5.41, 5.74) is 0.985. The number of pyridine rings is 1. The topological polar surface area (TPSA) is 49.2 Å². The fourth-order valence-electron chi connectivity index (χ4n) is 1.01. The second kappa shape index (κ2) is 2.33. The van der Waals surface area contributed by atoms with E-state index in [1.165, 1.54) is 0 Å². The van der Waals surface area contributed by atoms with Crippen LogP contribution in [0.5, 0.6) is 0 Å². The van der Waals surface area contributed by atoms with E-state index in [4.69, 9.17) is 10.00 Å². The molecule has 11 heavy (non-hydrogen) atoms. The van der Waals surface area contributed by atoms with Gasteiger partial charge in [-0.15, -0.1) is 0 Å². The molecule has 0 radical (unpaired) electrons. The number of rotatable bonds is 1. The number of nitriles is 1. The second-order valence-electron chi connectivity index (χ2n) is 2.39. The molecule has 1 saturated heterocycles. The van der Waals surface area contributed by atoms with Gasteiger partial charge in [0.2, 0.25) is 0 Å². The van der Waals surface area contributed by atoms with Gasteiger partial charge in [0.1, 0.15) is 6.10 Å². The van der Waals surface area contributed by atoms with E-state index in [9.17, 15) is 0 Å². The van der Waals surface area contributed by atoms with Crippen molar-refractivity contribution in [2.75, 3.05) is 0 Å². The molecule has 1 aromatic heterocycles. The predicted octanol–water partition coefficient (Wildman–Crippen LogP) is 1.05. The largest absolute Gasteiger partial charge is 0.348 e. The normalized spacial score (nSPS) is 27.5. The van der Waals surface area contributed by atoms with Crippen LogP contribution in [0.1, 0.15) is 11.7 Å². The monoisotopic (exact) mass is 146 g/mol. The smallest absolute Gasteiger partial charge is 0.175 e. The zero-order chi connectivity index (χ0) is 7.68. The maximum atomic E-state index is 8.44. The van der Waals surface area contributed by atoms with E-state index in [-0.39, 0.29) is 12.2 Å². The minimum absolute atomic E-state index is 0.0336. The van der Waals surface area contributed by atoms with E-state index < -0.39 is 0 Å². The third-order valence-electron chi connectivity index (χ3n) is 1.63. The van der Waals surface area contributed by atoms with Crippen LogP contribution in [0.2, 0.25) is 0 Å². The number of hydrogen-bond donors (Lipinski definition) is 0. The molecule has 3 heteroatoms. The van der Waals surface area contributed by atoms with Crippen molar-refractivity contribution >= 4 is 0 Å². The van der Waals surface area contributed by atoms with Crippen molar-refractivity contribution in [2.45, 2.75) is 12.2 Å². The van der Waals surface area contributed by atoms with Crippen molar-refractivity contribution in [3.63, 3.8) is 0 Å². The van der Waals surface area contributed by atoms with Crippen LogP contribution >= 0.6 is 0 Å². The number of hydrogen-bond acceptors (Lipinski definition) is 3. The lowest BCUT2D eigenvalue weighted by Crippen LogP contribution is -1.84. The standard InChI is InChI=1S/C8H6N2O/c9-4-7-8(11-7)6-2-1-3-10-5-6/h1-3,5,7-8H/t7-,8+/m1/s1. The molecule has 0 bridgehead atoms. The molecule has 54 valence electrons. The van der Waals surface area contributed by atoms with E-state index in [2.05, 4.69) is 4.98 Å². The van der Waals surface area contributed by atoms with Crippen LogP contribution in [0.25, 0.3) is 0 Å². The maximum Gasteiger partial charge on any atom is 0.175 e. The first-order chi connectivity index (χ1) is 5.42. The Balaban J connectivity index is 2.16. The molecule has 0 aromatic carbocycles. The third kappa shape index (κ3) is 1.08. The summed E-state index contributed by atoms with van der Waals surface area (Å²) in [6.07, 6.45) is 3.14. The number of epoxide rings is 1. The van der Waals surface area contributed by atoms with Crippen LogP contribution in [0.4, 0.5) is 0 Å². The minimum atomic E-state index is -0.251. The molecule has 2 rings (SSSR count). The van der Waals surface area contributed by atoms with Crippen LogP contribution in [0, 0.1) is 11.3 Å². The highest BCUT2D eigenvalue weighted by atomic mass is 16.6. The molecule has 0 unspecified atom stereocenters. The first-order valence-electron chi connectivity index (χ1n) is 3.37. The van der Waals surface area contributed by atoms with Crippen molar-refractivity contribution < 1.29 is 4.74 Å². The molecule has 0 saturated carbocycles. The van der Waals surface area contributed by atoms with Crippen LogP contribution in [-0.4, -0.2) is 11.1 Å². The molecule has 2 heterocycles. The van der Waals surface area contributed by atoms with Crippen molar-refractivity contribution in [2.24, 2.45) is 0 Å². The summed E-state index contributed by atoms with van der Waals surface area (Å²) in [6, 6.07) is 5.79. The first kappa shape index (κ1) is 6.32. The lowest BCUT2D eigenvalue weighted by atomic mass is 10.2. The first-order valence-corrected chi connectivity index (χ1v) is 3.37. The van der Waals surface area contributed by atoms with Gasteiger partial charge in [0.05, 0.1) is 6.07 Å². The van der Waals surface area contributed by atoms with E-state index in [0.29, 0.717) is 0 Å². The molecule has 2 atom stereocenters. The zero-order valence-corrected chi connectivity index (χ0v) is 5.77. The molecular formula is C8H6N2O. The Morgan fingerprint density at radius 2 is 2.55 bits per heavy atom. The Morgan fingerprint density at radius 3 is 3.09 bits per heavy atom. The highest BCUT2D eigenvalue weighted by Crippen LogP contribution is 2.37. The van der Waals surface area contributed by atoms with Gasteiger partial charge in [-0.05, 0) is 6.07 Å². The Labute approximate surface area is 64.2 Å². The molecule has 1 aliphatic heterocycles. The highest BCUT2D eigenvalue weighted by Gasteiger charge is 2.40. The molecule has 1 aromatic rings. The summed E-state index contributed by atoms with van der Waals surface area (Å²) in [6.45, 7) is 0. The SMILES string of the molecule is N#C[C@H]1O[C@H]1c1cccnc1. The van der Waals surface area contributed by atoms with Gasteiger partial charge < -0.3 is 4.74 Å². The molecular weight excluding hydrogens is 140 g/mol. The van der Waals surface area contributed by atoms with Gasteiger partial charge in [-0.3, -0.25) is 4.98 Å². The Bertz CT molecular complexity index is 291. The number of nitrogens with zero attached hydrogens (tertiary/aromatic N) is 2. The van der Waals surface area contributed by atoms with Gasteiger partial charge in [-0.1, -0.05) is 6.07 Å². The fourth-order valence-corrected chi connectivity index (χ4v) is 1.01. The molecule has 1 fully saturated rings. The number of aromatic nitrogens is 1. The molecule has 0 amide bonds. The molecule has 1 aliphatic rings. The van der Waals surface area contributed by atoms with Gasteiger partial charge in [-0.25, -0.2) is 0 Å². The van der Waals surface area contributed by atoms with Gasteiger partial charge >= 0.3 is 0 Å². The van der Waals surface area contributed by atoms with E-state index in [0.717, 1.165) is 5.56 Å². The lowest BCUT2D eigenvalue weighted by molar-refractivity contribution is 0.396. The maximum absolute atomic E-state index is 8.44. The summed E-state index contributed by atoms with van der Waals surface area (Å²) in [5.74, 6) is 0. The van der Waals surface area contributed by atoms with E-state index >= 15 is 0 Å². The Hall–Kier alpha value is -1.40. The lowest BCUT2D eigenvalue weighted by Gasteiger charge is -1.89. The van der Waals surface area contributed by atoms with Crippen LogP contribution in [0.3, 0.4) is 0 Å². The third-order valence-corrected chi connectivity index (χ3v) is 1.63. The van der Waals surface area contributed by atoms with Gasteiger partial charge in [0.15, 0.2) is 6.10 Å². The molecule has 3 nitrogen and oxygen atoms in total. The average molecular weight is 146 g/mol. The minimum Gasteiger partial charge on any atom is -0.348 e. The van der Waals surface area contributed by atoms with Crippen LogP contribution in [-0.2, 0) is 4.74 Å². The predicted molar refractivity (Wildman–Crippen MR) is 37.5 cm³/mol. The number of ether oxygens (including phenoxy) is 1. The zero-order valence-electron chi connectivity index (χ0n) is 5.77. The van der Waals surface area contributed by atoms with Crippen molar-refractivity contribution in [3.8, 4) is 6.07 Å². The van der Waals surface area contributed by atoms with E-state index in [1.807, 2.05) is 18.2 Å². The Morgan fingerprint density at radius 1 is 1.64 bits per heavy atom. The molecule has 0 spiro atoms. The van der Waals surface area contributed by atoms with Gasteiger partial charge in [0.25, 0.3) is 0 Å². The molecule has 0 N–H and O–H groups in total. The quantitative estimate of drug-likeness (QED) is 0.556. The van der Waals surface area contributed by atoms with Crippen molar-refractivity contribution in [1.29, 1.82) is 5.26 Å². The highest BCUT2D eigenvalue weighted by molar-refractivity contribution is 5.22. The van der Waals surface area contributed by atoms with Gasteiger partial charge in [0, 0.05) is 18.0 Å². The van der Waals surface area contributed by atoms with Gasteiger partial charge in [-0.2, -0.15) is 5.26 Å². The van der Waals surface area contributed by atoms with Crippen LogP contribution in [0.15, 0.2) is 24.5 Å². The summed E-state index contributed by atoms with van der Waals surface area (Å²) in [5, 5.41) is 8.44. The Kier molecular flexibility index (Phi) is 1.34.